The van der Waals surface area contributed by atoms with E-state index in [0.717, 1.165) is 29.9 Å². The summed E-state index contributed by atoms with van der Waals surface area (Å²) in [6.07, 6.45) is 6.08. The fourth-order valence-electron chi connectivity index (χ4n) is 1.80. The molecule has 1 aromatic rings. The summed E-state index contributed by atoms with van der Waals surface area (Å²) in [5.74, 6) is 0. The summed E-state index contributed by atoms with van der Waals surface area (Å²) in [7, 11) is 1.99. The standard InChI is InChI=1S/C13H19N3/c1-13(2,3)12-9-11(16(4)15-12)10-7-5-6-8-14-10/h6,8-9H,5,7H2,1-4H3. The third kappa shape index (κ3) is 2.08. The zero-order valence-electron chi connectivity index (χ0n) is 10.5. The fraction of sp³-hybridized carbons (Fsp3) is 0.538. The molecule has 86 valence electrons. The molecule has 0 bridgehead atoms. The monoisotopic (exact) mass is 217 g/mol. The highest BCUT2D eigenvalue weighted by Crippen LogP contribution is 2.22. The molecule has 0 saturated carbocycles. The minimum absolute atomic E-state index is 0.0983. The summed E-state index contributed by atoms with van der Waals surface area (Å²) in [5.41, 5.74) is 3.52. The van der Waals surface area contributed by atoms with Crippen LogP contribution in [0.15, 0.2) is 23.3 Å². The molecule has 0 spiro atoms. The van der Waals surface area contributed by atoms with E-state index in [1.165, 1.54) is 0 Å². The molecule has 0 saturated heterocycles. The van der Waals surface area contributed by atoms with Crippen LogP contribution in [0.2, 0.25) is 0 Å². The first-order valence-electron chi connectivity index (χ1n) is 5.75. The molecule has 0 N–H and O–H groups in total. The van der Waals surface area contributed by atoms with Gasteiger partial charge in [0.05, 0.1) is 17.1 Å². The van der Waals surface area contributed by atoms with Crippen molar-refractivity contribution in [2.75, 3.05) is 0 Å². The van der Waals surface area contributed by atoms with Gasteiger partial charge in [-0.3, -0.25) is 9.67 Å². The second-order valence-corrected chi connectivity index (χ2v) is 5.29. The number of aryl methyl sites for hydroxylation is 1. The third-order valence-electron chi connectivity index (χ3n) is 2.83. The van der Waals surface area contributed by atoms with Gasteiger partial charge in [-0.1, -0.05) is 26.8 Å². The lowest BCUT2D eigenvalue weighted by Gasteiger charge is -2.13. The van der Waals surface area contributed by atoms with Crippen LogP contribution >= 0.6 is 0 Å². The highest BCUT2D eigenvalue weighted by atomic mass is 15.3. The zero-order chi connectivity index (χ0) is 11.8. The van der Waals surface area contributed by atoms with Crippen LogP contribution in [0.4, 0.5) is 0 Å². The SMILES string of the molecule is Cn1nc(C(C)(C)C)cc1C1=NC=CCC1. The van der Waals surface area contributed by atoms with Crippen molar-refractivity contribution in [1.82, 2.24) is 9.78 Å². The Labute approximate surface area is 96.9 Å². The summed E-state index contributed by atoms with van der Waals surface area (Å²) < 4.78 is 1.94. The quantitative estimate of drug-likeness (QED) is 0.711. The lowest BCUT2D eigenvalue weighted by atomic mass is 9.92. The topological polar surface area (TPSA) is 30.2 Å². The van der Waals surface area contributed by atoms with Crippen LogP contribution in [0, 0.1) is 0 Å². The summed E-state index contributed by atoms with van der Waals surface area (Å²) in [4.78, 5) is 4.43. The normalized spacial score (nSPS) is 16.4. The van der Waals surface area contributed by atoms with Crippen molar-refractivity contribution in [3.05, 3.63) is 29.7 Å². The first-order chi connectivity index (χ1) is 7.48. The maximum absolute atomic E-state index is 4.57. The average Bonchev–Trinajstić information content (AvgIpc) is 2.61. The second-order valence-electron chi connectivity index (χ2n) is 5.29. The Morgan fingerprint density at radius 2 is 2.06 bits per heavy atom. The Bertz CT molecular complexity index is 444. The number of hydrogen-bond donors (Lipinski definition) is 0. The molecule has 1 aliphatic heterocycles. The fourth-order valence-corrected chi connectivity index (χ4v) is 1.80. The second kappa shape index (κ2) is 3.89. The van der Waals surface area contributed by atoms with Crippen LogP contribution in [-0.2, 0) is 12.5 Å². The largest absolute Gasteiger partial charge is 0.266 e. The first kappa shape index (κ1) is 11.1. The average molecular weight is 217 g/mol. The molecule has 3 nitrogen and oxygen atoms in total. The number of allylic oxidation sites excluding steroid dienone is 1. The van der Waals surface area contributed by atoms with Gasteiger partial charge in [0.15, 0.2) is 0 Å². The van der Waals surface area contributed by atoms with E-state index in [4.69, 9.17) is 0 Å². The van der Waals surface area contributed by atoms with E-state index >= 15 is 0 Å². The molecule has 0 unspecified atom stereocenters. The van der Waals surface area contributed by atoms with Gasteiger partial charge in [0.2, 0.25) is 0 Å². The van der Waals surface area contributed by atoms with Gasteiger partial charge in [-0.15, -0.1) is 0 Å². The van der Waals surface area contributed by atoms with E-state index in [2.05, 4.69) is 43.0 Å². The number of nitrogens with zero attached hydrogens (tertiary/aromatic N) is 3. The molecule has 0 radical (unpaired) electrons. The van der Waals surface area contributed by atoms with Crippen LogP contribution in [-0.4, -0.2) is 15.5 Å². The van der Waals surface area contributed by atoms with Crippen molar-refractivity contribution in [1.29, 1.82) is 0 Å². The lowest BCUT2D eigenvalue weighted by Crippen LogP contribution is -2.12. The Morgan fingerprint density at radius 1 is 1.31 bits per heavy atom. The molecule has 0 atom stereocenters. The van der Waals surface area contributed by atoms with Crippen LogP contribution in [0.3, 0.4) is 0 Å². The van der Waals surface area contributed by atoms with Crippen molar-refractivity contribution >= 4 is 5.71 Å². The summed E-state index contributed by atoms with van der Waals surface area (Å²) >= 11 is 0. The molecule has 0 aliphatic carbocycles. The molecular formula is C13H19N3. The van der Waals surface area contributed by atoms with Crippen LogP contribution < -0.4 is 0 Å². The van der Waals surface area contributed by atoms with Gasteiger partial charge in [-0.2, -0.15) is 5.10 Å². The van der Waals surface area contributed by atoms with Crippen LogP contribution in [0.1, 0.15) is 45.0 Å². The minimum Gasteiger partial charge on any atom is -0.266 e. The Morgan fingerprint density at radius 3 is 2.56 bits per heavy atom. The summed E-state index contributed by atoms with van der Waals surface area (Å²) in [5, 5.41) is 4.57. The van der Waals surface area contributed by atoms with E-state index < -0.39 is 0 Å². The molecule has 0 amide bonds. The summed E-state index contributed by atoms with van der Waals surface area (Å²) in [6.45, 7) is 6.55. The molecule has 0 fully saturated rings. The summed E-state index contributed by atoms with van der Waals surface area (Å²) in [6, 6.07) is 2.16. The molecule has 1 aromatic heterocycles. The molecule has 2 rings (SSSR count). The Kier molecular flexibility index (Phi) is 2.70. The predicted molar refractivity (Wildman–Crippen MR) is 66.8 cm³/mol. The van der Waals surface area contributed by atoms with E-state index in [9.17, 15) is 0 Å². The molecular weight excluding hydrogens is 198 g/mol. The minimum atomic E-state index is 0.0983. The Balaban J connectivity index is 2.39. The zero-order valence-corrected chi connectivity index (χ0v) is 10.5. The Hall–Kier alpha value is -1.38. The van der Waals surface area contributed by atoms with E-state index in [0.29, 0.717) is 0 Å². The van der Waals surface area contributed by atoms with Gasteiger partial charge < -0.3 is 0 Å². The number of hydrogen-bond acceptors (Lipinski definition) is 2. The highest BCUT2D eigenvalue weighted by molar-refractivity contribution is 6.00. The van der Waals surface area contributed by atoms with Crippen molar-refractivity contribution in [3.63, 3.8) is 0 Å². The van der Waals surface area contributed by atoms with Gasteiger partial charge >= 0.3 is 0 Å². The van der Waals surface area contributed by atoms with Gasteiger partial charge in [-0.05, 0) is 18.9 Å². The maximum Gasteiger partial charge on any atom is 0.0824 e. The molecule has 0 aromatic carbocycles. The number of rotatable bonds is 1. The molecule has 16 heavy (non-hydrogen) atoms. The van der Waals surface area contributed by atoms with Gasteiger partial charge in [0.25, 0.3) is 0 Å². The van der Waals surface area contributed by atoms with E-state index in [-0.39, 0.29) is 5.41 Å². The molecule has 1 aliphatic rings. The van der Waals surface area contributed by atoms with Crippen molar-refractivity contribution in [2.24, 2.45) is 12.0 Å². The lowest BCUT2D eigenvalue weighted by molar-refractivity contribution is 0.553. The third-order valence-corrected chi connectivity index (χ3v) is 2.83. The maximum atomic E-state index is 4.57. The van der Waals surface area contributed by atoms with Gasteiger partial charge in [0, 0.05) is 18.7 Å². The van der Waals surface area contributed by atoms with E-state index in [1.54, 1.807) is 0 Å². The first-order valence-corrected chi connectivity index (χ1v) is 5.75. The molecule has 3 heteroatoms. The van der Waals surface area contributed by atoms with Crippen molar-refractivity contribution in [3.8, 4) is 0 Å². The highest BCUT2D eigenvalue weighted by Gasteiger charge is 2.20. The van der Waals surface area contributed by atoms with Gasteiger partial charge in [0.1, 0.15) is 0 Å². The predicted octanol–water partition coefficient (Wildman–Crippen LogP) is 2.81. The molecule has 2 heterocycles. The van der Waals surface area contributed by atoms with Crippen molar-refractivity contribution in [2.45, 2.75) is 39.0 Å². The van der Waals surface area contributed by atoms with Gasteiger partial charge in [-0.25, -0.2) is 0 Å². The number of aromatic nitrogens is 2. The smallest absolute Gasteiger partial charge is 0.0824 e. The van der Waals surface area contributed by atoms with Crippen LogP contribution in [0.25, 0.3) is 0 Å². The van der Waals surface area contributed by atoms with Crippen LogP contribution in [0.5, 0.6) is 0 Å². The number of aliphatic imine (C=N–C) groups is 1. The van der Waals surface area contributed by atoms with E-state index in [1.807, 2.05) is 17.9 Å². The van der Waals surface area contributed by atoms with Crippen molar-refractivity contribution < 1.29 is 0 Å².